The summed E-state index contributed by atoms with van der Waals surface area (Å²) in [5.41, 5.74) is 1.67. The number of hydrogen-bond donors (Lipinski definition) is 2. The van der Waals surface area contributed by atoms with Crippen LogP contribution in [0.25, 0.3) is 11.3 Å². The number of aromatic nitrogens is 2. The van der Waals surface area contributed by atoms with Crippen LogP contribution in [0.5, 0.6) is 0 Å². The third-order valence-corrected chi connectivity index (χ3v) is 6.77. The predicted molar refractivity (Wildman–Crippen MR) is 151 cm³/mol. The molecule has 41 heavy (non-hydrogen) atoms. The molecule has 5 rings (SSSR count). The molecule has 0 saturated carbocycles. The zero-order chi connectivity index (χ0) is 29.8. The molecule has 1 atom stereocenters. The van der Waals surface area contributed by atoms with Crippen LogP contribution in [0.1, 0.15) is 35.3 Å². The molecule has 1 aromatic heterocycles. The number of urea groups is 1. The van der Waals surface area contributed by atoms with Crippen LogP contribution in [0.4, 0.5) is 35.2 Å². The number of benzene rings is 3. The van der Waals surface area contributed by atoms with Crippen LogP contribution in [0.3, 0.4) is 0 Å². The molecule has 3 aromatic carbocycles. The van der Waals surface area contributed by atoms with Gasteiger partial charge in [0.25, 0.3) is 5.91 Å². The van der Waals surface area contributed by atoms with Crippen LogP contribution in [0.15, 0.2) is 65.8 Å². The number of para-hydroxylation sites is 1. The van der Waals surface area contributed by atoms with E-state index in [0.29, 0.717) is 22.4 Å². The van der Waals surface area contributed by atoms with E-state index in [1.54, 1.807) is 25.1 Å². The van der Waals surface area contributed by atoms with Gasteiger partial charge in [-0.3, -0.25) is 9.00 Å². The van der Waals surface area contributed by atoms with E-state index in [9.17, 15) is 27.0 Å². The van der Waals surface area contributed by atoms with Crippen molar-refractivity contribution in [3.05, 3.63) is 94.8 Å². The Balaban J connectivity index is 0.00000189. The van der Waals surface area contributed by atoms with E-state index in [1.807, 2.05) is 13.8 Å². The largest absolute Gasteiger partial charge is 0.333 e. The Morgan fingerprint density at radius 3 is 2.29 bits per heavy atom. The average molecular weight is 582 g/mol. The third kappa shape index (κ3) is 5.97. The molecule has 0 radical (unpaired) electrons. The fourth-order valence-electron chi connectivity index (χ4n) is 4.16. The summed E-state index contributed by atoms with van der Waals surface area (Å²) >= 11 is 0. The molecule has 3 amide bonds. The Morgan fingerprint density at radius 1 is 1.00 bits per heavy atom. The van der Waals surface area contributed by atoms with Crippen LogP contribution in [0, 0.1) is 24.4 Å². The van der Waals surface area contributed by atoms with E-state index in [2.05, 4.69) is 20.6 Å². The van der Waals surface area contributed by atoms with E-state index in [1.165, 1.54) is 36.6 Å². The van der Waals surface area contributed by atoms with Crippen molar-refractivity contribution in [3.63, 3.8) is 0 Å². The highest BCUT2D eigenvalue weighted by atomic mass is 32.2. The maximum Gasteiger partial charge on any atom is 0.328 e. The van der Waals surface area contributed by atoms with Gasteiger partial charge in [0, 0.05) is 28.6 Å². The first kappa shape index (κ1) is 29.4. The summed E-state index contributed by atoms with van der Waals surface area (Å²) in [7, 11) is -1.73. The first-order chi connectivity index (χ1) is 19.6. The van der Waals surface area contributed by atoms with Gasteiger partial charge in [0.15, 0.2) is 5.82 Å². The minimum Gasteiger partial charge on any atom is -0.333 e. The number of nitrogens with zero attached hydrogens (tertiary/aromatic N) is 3. The first-order valence-electron chi connectivity index (χ1n) is 12.6. The van der Waals surface area contributed by atoms with Crippen molar-refractivity contribution in [2.45, 2.75) is 32.5 Å². The van der Waals surface area contributed by atoms with Gasteiger partial charge in [0.1, 0.15) is 23.1 Å². The number of rotatable bonds is 5. The van der Waals surface area contributed by atoms with E-state index in [-0.39, 0.29) is 28.8 Å². The molecule has 0 saturated heterocycles. The number of carbonyl (C=O) groups is 2. The highest BCUT2D eigenvalue weighted by Crippen LogP contribution is 2.39. The first-order valence-corrected chi connectivity index (χ1v) is 14.1. The molecule has 0 aliphatic carbocycles. The lowest BCUT2D eigenvalue weighted by atomic mass is 9.97. The second kappa shape index (κ2) is 12.3. The monoisotopic (exact) mass is 581 g/mol. The SMILES string of the molecule is CC.Cc1ccc(C(=O)Nc2ccc(F)cc2)cc1-c1nc(S(C)=O)nc2c1CNC(=O)N2c1c(F)cccc1F. The smallest absolute Gasteiger partial charge is 0.328 e. The van der Waals surface area contributed by atoms with Gasteiger partial charge in [-0.15, -0.1) is 0 Å². The maximum atomic E-state index is 14.8. The highest BCUT2D eigenvalue weighted by molar-refractivity contribution is 7.84. The van der Waals surface area contributed by atoms with E-state index in [0.717, 1.165) is 17.0 Å². The third-order valence-electron chi connectivity index (χ3n) is 6.07. The fourth-order valence-corrected chi connectivity index (χ4v) is 4.59. The number of aryl methyl sites for hydroxylation is 1. The number of anilines is 3. The van der Waals surface area contributed by atoms with Crippen molar-refractivity contribution >= 4 is 39.9 Å². The van der Waals surface area contributed by atoms with Crippen LogP contribution in [0.2, 0.25) is 0 Å². The summed E-state index contributed by atoms with van der Waals surface area (Å²) in [6.07, 6.45) is 1.34. The molecule has 12 heteroatoms. The van der Waals surface area contributed by atoms with E-state index in [4.69, 9.17) is 0 Å². The molecule has 8 nitrogen and oxygen atoms in total. The summed E-state index contributed by atoms with van der Waals surface area (Å²) in [4.78, 5) is 35.3. The fraction of sp³-hybridized carbons (Fsp3) is 0.172. The van der Waals surface area contributed by atoms with Crippen molar-refractivity contribution in [1.82, 2.24) is 15.3 Å². The van der Waals surface area contributed by atoms with E-state index >= 15 is 0 Å². The lowest BCUT2D eigenvalue weighted by molar-refractivity contribution is 0.102. The van der Waals surface area contributed by atoms with Gasteiger partial charge in [0.2, 0.25) is 5.16 Å². The molecule has 0 spiro atoms. The van der Waals surface area contributed by atoms with Crippen LogP contribution >= 0.6 is 0 Å². The number of nitrogens with one attached hydrogen (secondary N) is 2. The van der Waals surface area contributed by atoms with Crippen molar-refractivity contribution in [2.75, 3.05) is 16.5 Å². The number of fused-ring (bicyclic) bond motifs is 1. The van der Waals surface area contributed by atoms with Gasteiger partial charge in [-0.25, -0.2) is 32.8 Å². The summed E-state index contributed by atoms with van der Waals surface area (Å²) in [5, 5.41) is 5.10. The van der Waals surface area contributed by atoms with Gasteiger partial charge in [-0.1, -0.05) is 26.0 Å². The lowest BCUT2D eigenvalue weighted by Crippen LogP contribution is -2.43. The summed E-state index contributed by atoms with van der Waals surface area (Å²) in [5.74, 6) is -3.03. The standard InChI is InChI=1S/C27H20F3N5O3S.C2H6/c1-14-6-7-15(25(36)32-17-10-8-16(28)9-11-17)12-18(14)22-19-13-31-27(37)35(23-20(29)4-3-5-21(23)30)24(19)34-26(33-22)39(2)38;1-2/h3-12H,13H2,1-2H3,(H,31,37)(H,32,36);1-2H3. The van der Waals surface area contributed by atoms with Crippen molar-refractivity contribution in [2.24, 2.45) is 0 Å². The number of hydrogen-bond acceptors (Lipinski definition) is 5. The van der Waals surface area contributed by atoms with Crippen LogP contribution in [-0.2, 0) is 17.3 Å². The Labute approximate surface area is 237 Å². The molecule has 2 heterocycles. The zero-order valence-corrected chi connectivity index (χ0v) is 23.4. The minimum absolute atomic E-state index is 0.0852. The molecular formula is C29H26F3N5O3S. The summed E-state index contributed by atoms with van der Waals surface area (Å²) in [6.45, 7) is 5.68. The van der Waals surface area contributed by atoms with Crippen molar-refractivity contribution in [1.29, 1.82) is 0 Å². The molecule has 0 bridgehead atoms. The Kier molecular flexibility index (Phi) is 8.82. The van der Waals surface area contributed by atoms with Gasteiger partial charge in [-0.05, 0) is 61.0 Å². The molecule has 2 N–H and O–H groups in total. The molecule has 212 valence electrons. The molecule has 1 aliphatic heterocycles. The molecule has 4 aromatic rings. The Bertz CT molecular complexity index is 1640. The van der Waals surface area contributed by atoms with Crippen molar-refractivity contribution in [3.8, 4) is 11.3 Å². The van der Waals surface area contributed by atoms with Gasteiger partial charge >= 0.3 is 6.03 Å². The summed E-state index contributed by atoms with van der Waals surface area (Å²) < 4.78 is 55.3. The number of halogens is 3. The average Bonchev–Trinajstić information content (AvgIpc) is 2.96. The zero-order valence-electron chi connectivity index (χ0n) is 22.6. The van der Waals surface area contributed by atoms with E-state index < -0.39 is 45.9 Å². The normalized spacial score (nSPS) is 13.0. The molecule has 0 fully saturated rings. The van der Waals surface area contributed by atoms with Crippen LogP contribution in [-0.4, -0.2) is 32.4 Å². The topological polar surface area (TPSA) is 104 Å². The van der Waals surface area contributed by atoms with Crippen LogP contribution < -0.4 is 15.5 Å². The molecule has 1 aliphatic rings. The molecular weight excluding hydrogens is 555 g/mol. The molecule has 1 unspecified atom stereocenters. The Morgan fingerprint density at radius 2 is 1.66 bits per heavy atom. The van der Waals surface area contributed by atoms with Gasteiger partial charge < -0.3 is 10.6 Å². The summed E-state index contributed by atoms with van der Waals surface area (Å²) in [6, 6.07) is 12.5. The minimum atomic E-state index is -1.73. The number of amides is 3. The highest BCUT2D eigenvalue weighted by Gasteiger charge is 2.34. The second-order valence-electron chi connectivity index (χ2n) is 8.67. The second-order valence-corrected chi connectivity index (χ2v) is 9.94. The Hall–Kier alpha value is -4.58. The van der Waals surface area contributed by atoms with Crippen molar-refractivity contribution < 1.29 is 27.0 Å². The number of carbonyl (C=O) groups excluding carboxylic acids is 2. The quantitative estimate of drug-likeness (QED) is 0.271. The maximum absolute atomic E-state index is 14.8. The van der Waals surface area contributed by atoms with Gasteiger partial charge in [0.05, 0.1) is 23.0 Å². The van der Waals surface area contributed by atoms with Gasteiger partial charge in [-0.2, -0.15) is 0 Å². The lowest BCUT2D eigenvalue weighted by Gasteiger charge is -2.30. The predicted octanol–water partition coefficient (Wildman–Crippen LogP) is 6.25.